The Labute approximate surface area is 105 Å². The molecule has 3 N–H and O–H groups in total. The largest absolute Gasteiger partial charge is 0.508 e. The molecule has 0 radical (unpaired) electrons. The van der Waals surface area contributed by atoms with Gasteiger partial charge in [-0.15, -0.1) is 0 Å². The van der Waals surface area contributed by atoms with Crippen molar-refractivity contribution in [1.82, 2.24) is 0 Å². The summed E-state index contributed by atoms with van der Waals surface area (Å²) < 4.78 is 5.56. The molecular weight excluding hydrogens is 230 g/mol. The van der Waals surface area contributed by atoms with E-state index in [0.717, 1.165) is 5.56 Å². The third-order valence-corrected chi connectivity index (χ3v) is 2.41. The van der Waals surface area contributed by atoms with Gasteiger partial charge < -0.3 is 15.6 Å². The summed E-state index contributed by atoms with van der Waals surface area (Å²) in [7, 11) is 0. The molecular formula is C14H13NO3. The van der Waals surface area contributed by atoms with Gasteiger partial charge in [-0.05, 0) is 48.9 Å². The van der Waals surface area contributed by atoms with Crippen LogP contribution in [0.25, 0.3) is 0 Å². The molecule has 18 heavy (non-hydrogen) atoms. The van der Waals surface area contributed by atoms with Crippen LogP contribution in [0.15, 0.2) is 42.5 Å². The maximum atomic E-state index is 10.9. The Kier molecular flexibility index (Phi) is 3.19. The second-order valence-electron chi connectivity index (χ2n) is 3.99. The molecule has 92 valence electrons. The van der Waals surface area contributed by atoms with Crippen LogP contribution < -0.4 is 10.5 Å². The van der Waals surface area contributed by atoms with E-state index in [2.05, 4.69) is 0 Å². The van der Waals surface area contributed by atoms with Gasteiger partial charge in [0, 0.05) is 11.6 Å². The summed E-state index contributed by atoms with van der Waals surface area (Å²) in [6.07, 6.45) is 0. The Morgan fingerprint density at radius 1 is 1.11 bits per heavy atom. The number of phenols is 1. The van der Waals surface area contributed by atoms with Crippen molar-refractivity contribution < 1.29 is 14.6 Å². The number of nitrogens with two attached hydrogens (primary N) is 1. The lowest BCUT2D eigenvalue weighted by Gasteiger charge is -2.07. The molecule has 2 aromatic rings. The molecule has 4 nitrogen and oxygen atoms in total. The van der Waals surface area contributed by atoms with Crippen LogP contribution in [0.5, 0.6) is 17.2 Å². The van der Waals surface area contributed by atoms with Gasteiger partial charge in [-0.25, -0.2) is 0 Å². The van der Waals surface area contributed by atoms with Crippen LogP contribution in [0.3, 0.4) is 0 Å². The molecule has 2 rings (SSSR count). The molecule has 1 amide bonds. The van der Waals surface area contributed by atoms with E-state index in [1.807, 2.05) is 13.0 Å². The van der Waals surface area contributed by atoms with E-state index in [1.165, 1.54) is 6.07 Å². The molecule has 0 aliphatic rings. The SMILES string of the molecule is Cc1cc(O)cc(Oc2ccc(C(N)=O)cc2)c1. The molecule has 0 atom stereocenters. The fourth-order valence-corrected chi connectivity index (χ4v) is 1.61. The Hall–Kier alpha value is -2.49. The van der Waals surface area contributed by atoms with Crippen molar-refractivity contribution in [2.45, 2.75) is 6.92 Å². The van der Waals surface area contributed by atoms with Crippen LogP contribution >= 0.6 is 0 Å². The Bertz CT molecular complexity index is 556. The molecule has 0 saturated carbocycles. The predicted molar refractivity (Wildman–Crippen MR) is 67.9 cm³/mol. The second kappa shape index (κ2) is 4.79. The lowest BCUT2D eigenvalue weighted by atomic mass is 10.2. The van der Waals surface area contributed by atoms with E-state index in [4.69, 9.17) is 10.5 Å². The number of hydrogen-bond donors (Lipinski definition) is 2. The molecule has 0 aliphatic heterocycles. The third-order valence-electron chi connectivity index (χ3n) is 2.41. The van der Waals surface area contributed by atoms with Gasteiger partial charge in [-0.3, -0.25) is 4.79 Å². The van der Waals surface area contributed by atoms with Crippen LogP contribution in [0.2, 0.25) is 0 Å². The summed E-state index contributed by atoms with van der Waals surface area (Å²) in [6, 6.07) is 11.5. The lowest BCUT2D eigenvalue weighted by molar-refractivity contribution is 0.100. The van der Waals surface area contributed by atoms with Gasteiger partial charge in [-0.2, -0.15) is 0 Å². The molecule has 0 aromatic heterocycles. The number of aromatic hydroxyl groups is 1. The standard InChI is InChI=1S/C14H13NO3/c1-9-6-11(16)8-13(7-9)18-12-4-2-10(3-5-12)14(15)17/h2-8,16H,1H3,(H2,15,17). The summed E-state index contributed by atoms with van der Waals surface area (Å²) in [5.41, 5.74) is 6.47. The number of rotatable bonds is 3. The number of amides is 1. The first-order chi connectivity index (χ1) is 8.54. The van der Waals surface area contributed by atoms with Crippen LogP contribution in [-0.2, 0) is 0 Å². The normalized spacial score (nSPS) is 10.1. The highest BCUT2D eigenvalue weighted by atomic mass is 16.5. The highest BCUT2D eigenvalue weighted by Crippen LogP contribution is 2.26. The first-order valence-corrected chi connectivity index (χ1v) is 5.43. The van der Waals surface area contributed by atoms with E-state index in [1.54, 1.807) is 30.3 Å². The third kappa shape index (κ3) is 2.79. The van der Waals surface area contributed by atoms with Gasteiger partial charge in [0.05, 0.1) is 0 Å². The van der Waals surface area contributed by atoms with Gasteiger partial charge in [0.15, 0.2) is 0 Å². The average Bonchev–Trinajstić information content (AvgIpc) is 2.28. The van der Waals surface area contributed by atoms with E-state index in [0.29, 0.717) is 17.1 Å². The van der Waals surface area contributed by atoms with Crippen LogP contribution in [0, 0.1) is 6.92 Å². The topological polar surface area (TPSA) is 72.6 Å². The Balaban J connectivity index is 2.20. The highest BCUT2D eigenvalue weighted by molar-refractivity contribution is 5.92. The van der Waals surface area contributed by atoms with Gasteiger partial charge >= 0.3 is 0 Å². The summed E-state index contributed by atoms with van der Waals surface area (Å²) in [4.78, 5) is 10.9. The Morgan fingerprint density at radius 3 is 2.33 bits per heavy atom. The quantitative estimate of drug-likeness (QED) is 0.870. The van der Waals surface area contributed by atoms with Crippen molar-refractivity contribution in [2.24, 2.45) is 5.73 Å². The van der Waals surface area contributed by atoms with Gasteiger partial charge in [0.25, 0.3) is 0 Å². The van der Waals surface area contributed by atoms with Crippen molar-refractivity contribution in [2.75, 3.05) is 0 Å². The summed E-state index contributed by atoms with van der Waals surface area (Å²) in [5, 5.41) is 9.45. The smallest absolute Gasteiger partial charge is 0.248 e. The molecule has 2 aromatic carbocycles. The summed E-state index contributed by atoms with van der Waals surface area (Å²) >= 11 is 0. The minimum absolute atomic E-state index is 0.152. The number of carbonyl (C=O) groups excluding carboxylic acids is 1. The number of aryl methyl sites for hydroxylation is 1. The van der Waals surface area contributed by atoms with Gasteiger partial charge in [0.2, 0.25) is 5.91 Å². The predicted octanol–water partition coefficient (Wildman–Crippen LogP) is 2.59. The first-order valence-electron chi connectivity index (χ1n) is 5.43. The molecule has 0 bridgehead atoms. The molecule has 4 heteroatoms. The minimum atomic E-state index is -0.477. The maximum Gasteiger partial charge on any atom is 0.248 e. The van der Waals surface area contributed by atoms with E-state index in [9.17, 15) is 9.90 Å². The zero-order valence-electron chi connectivity index (χ0n) is 9.88. The molecule has 0 heterocycles. The molecule has 0 fully saturated rings. The zero-order valence-corrected chi connectivity index (χ0v) is 9.88. The van der Waals surface area contributed by atoms with Crippen molar-refractivity contribution in [1.29, 1.82) is 0 Å². The number of benzene rings is 2. The number of ether oxygens (including phenoxy) is 1. The van der Waals surface area contributed by atoms with Gasteiger partial charge in [0.1, 0.15) is 17.2 Å². The molecule has 0 unspecified atom stereocenters. The fourth-order valence-electron chi connectivity index (χ4n) is 1.61. The first kappa shape index (κ1) is 12.0. The second-order valence-corrected chi connectivity index (χ2v) is 3.99. The van der Waals surface area contributed by atoms with E-state index < -0.39 is 5.91 Å². The minimum Gasteiger partial charge on any atom is -0.508 e. The van der Waals surface area contributed by atoms with Crippen LogP contribution in [-0.4, -0.2) is 11.0 Å². The number of phenolic OH excluding ortho intramolecular Hbond substituents is 1. The van der Waals surface area contributed by atoms with E-state index in [-0.39, 0.29) is 5.75 Å². The lowest BCUT2D eigenvalue weighted by Crippen LogP contribution is -2.10. The highest BCUT2D eigenvalue weighted by Gasteiger charge is 2.03. The number of primary amides is 1. The number of hydrogen-bond acceptors (Lipinski definition) is 3. The van der Waals surface area contributed by atoms with Crippen LogP contribution in [0.4, 0.5) is 0 Å². The van der Waals surface area contributed by atoms with E-state index >= 15 is 0 Å². The van der Waals surface area contributed by atoms with Crippen LogP contribution in [0.1, 0.15) is 15.9 Å². The summed E-state index contributed by atoms with van der Waals surface area (Å²) in [6.45, 7) is 1.86. The summed E-state index contributed by atoms with van der Waals surface area (Å²) in [5.74, 6) is 0.790. The molecule has 0 spiro atoms. The van der Waals surface area contributed by atoms with Crippen molar-refractivity contribution in [3.05, 3.63) is 53.6 Å². The zero-order chi connectivity index (χ0) is 13.1. The van der Waals surface area contributed by atoms with Crippen molar-refractivity contribution in [3.8, 4) is 17.2 Å². The fraction of sp³-hybridized carbons (Fsp3) is 0.0714. The molecule has 0 aliphatic carbocycles. The van der Waals surface area contributed by atoms with Crippen molar-refractivity contribution >= 4 is 5.91 Å². The molecule has 0 saturated heterocycles. The van der Waals surface area contributed by atoms with Gasteiger partial charge in [-0.1, -0.05) is 0 Å². The van der Waals surface area contributed by atoms with Crippen molar-refractivity contribution in [3.63, 3.8) is 0 Å². The maximum absolute atomic E-state index is 10.9. The number of carbonyl (C=O) groups is 1. The monoisotopic (exact) mass is 243 g/mol. The average molecular weight is 243 g/mol. The Morgan fingerprint density at radius 2 is 1.78 bits per heavy atom.